The van der Waals surface area contributed by atoms with Crippen LogP contribution in [0.5, 0.6) is 5.75 Å². The van der Waals surface area contributed by atoms with Crippen LogP contribution in [0.3, 0.4) is 0 Å². The number of anilines is 1. The number of esters is 1. The number of benzene rings is 2. The number of carbonyl (C=O) groups excluding carboxylic acids is 3. The van der Waals surface area contributed by atoms with Crippen molar-refractivity contribution in [1.82, 2.24) is 5.32 Å². The molecule has 31 heavy (non-hydrogen) atoms. The van der Waals surface area contributed by atoms with Crippen LogP contribution in [-0.2, 0) is 14.3 Å². The second-order valence-electron chi connectivity index (χ2n) is 7.78. The number of nitrogens with one attached hydrogen (secondary N) is 2. The van der Waals surface area contributed by atoms with Gasteiger partial charge in [0.1, 0.15) is 11.8 Å². The minimum atomic E-state index is -1.06. The first kappa shape index (κ1) is 23.9. The van der Waals surface area contributed by atoms with Crippen molar-refractivity contribution in [2.75, 3.05) is 12.4 Å². The third-order valence-corrected chi connectivity index (χ3v) is 4.87. The molecular weight excluding hydrogens is 396 g/mol. The van der Waals surface area contributed by atoms with Gasteiger partial charge >= 0.3 is 5.97 Å². The summed E-state index contributed by atoms with van der Waals surface area (Å²) in [5.41, 5.74) is 2.72. The van der Waals surface area contributed by atoms with E-state index in [1.807, 2.05) is 32.0 Å². The Balaban J connectivity index is 2.06. The molecule has 2 atom stereocenters. The molecule has 0 aromatic heterocycles. The molecule has 0 spiro atoms. The average molecular weight is 427 g/mol. The Morgan fingerprint density at radius 2 is 1.65 bits per heavy atom. The third kappa shape index (κ3) is 6.31. The van der Waals surface area contributed by atoms with E-state index >= 15 is 0 Å². The summed E-state index contributed by atoms with van der Waals surface area (Å²) < 4.78 is 10.6. The Hall–Kier alpha value is -3.35. The van der Waals surface area contributed by atoms with Gasteiger partial charge < -0.3 is 20.1 Å². The fourth-order valence-corrected chi connectivity index (χ4v) is 3.00. The highest BCUT2D eigenvalue weighted by molar-refractivity contribution is 5.99. The molecule has 2 amide bonds. The van der Waals surface area contributed by atoms with E-state index in [9.17, 15) is 14.4 Å². The van der Waals surface area contributed by atoms with Crippen LogP contribution < -0.4 is 15.4 Å². The molecule has 7 heteroatoms. The second-order valence-corrected chi connectivity index (χ2v) is 7.78. The van der Waals surface area contributed by atoms with Gasteiger partial charge in [-0.3, -0.25) is 9.59 Å². The van der Waals surface area contributed by atoms with Gasteiger partial charge in [0.2, 0.25) is 0 Å². The molecule has 166 valence electrons. The first-order chi connectivity index (χ1) is 14.6. The van der Waals surface area contributed by atoms with Crippen molar-refractivity contribution < 1.29 is 23.9 Å². The van der Waals surface area contributed by atoms with Crippen LogP contribution in [0, 0.1) is 19.8 Å². The molecule has 2 rings (SSSR count). The highest BCUT2D eigenvalue weighted by atomic mass is 16.5. The predicted octanol–water partition coefficient (Wildman–Crippen LogP) is 3.64. The SMILES string of the molecule is COc1ccc(C)cc1NC(=O)[C@@H](C)OC(=O)[C@@H](NC(=O)c1ccccc1C)C(C)C. The van der Waals surface area contributed by atoms with Gasteiger partial charge in [0.25, 0.3) is 11.8 Å². The summed E-state index contributed by atoms with van der Waals surface area (Å²) in [5.74, 6) is -1.26. The largest absolute Gasteiger partial charge is 0.495 e. The number of hydrogen-bond donors (Lipinski definition) is 2. The van der Waals surface area contributed by atoms with Gasteiger partial charge in [-0.1, -0.05) is 38.1 Å². The van der Waals surface area contributed by atoms with E-state index in [2.05, 4.69) is 10.6 Å². The fourth-order valence-electron chi connectivity index (χ4n) is 3.00. The maximum atomic E-state index is 12.7. The number of hydrogen-bond acceptors (Lipinski definition) is 5. The molecule has 0 saturated heterocycles. The molecule has 2 aromatic carbocycles. The zero-order chi connectivity index (χ0) is 23.1. The van der Waals surface area contributed by atoms with Gasteiger partial charge in [0.05, 0.1) is 12.8 Å². The summed E-state index contributed by atoms with van der Waals surface area (Å²) in [6, 6.07) is 11.6. The van der Waals surface area contributed by atoms with Crippen molar-refractivity contribution in [1.29, 1.82) is 0 Å². The van der Waals surface area contributed by atoms with Crippen LogP contribution in [0.15, 0.2) is 42.5 Å². The van der Waals surface area contributed by atoms with Crippen molar-refractivity contribution in [2.45, 2.75) is 46.8 Å². The van der Waals surface area contributed by atoms with Crippen molar-refractivity contribution >= 4 is 23.5 Å². The molecule has 0 saturated carbocycles. The standard InChI is InChI=1S/C24H30N2O5/c1-14(2)21(26-23(28)18-10-8-7-9-16(18)4)24(29)31-17(5)22(27)25-19-13-15(3)11-12-20(19)30-6/h7-14,17,21H,1-6H3,(H,25,27)(H,26,28)/t17-,21+/m1/s1. The van der Waals surface area contributed by atoms with E-state index in [4.69, 9.17) is 9.47 Å². The number of aryl methyl sites for hydroxylation is 2. The summed E-state index contributed by atoms with van der Waals surface area (Å²) in [4.78, 5) is 38.0. The van der Waals surface area contributed by atoms with E-state index < -0.39 is 24.0 Å². The summed E-state index contributed by atoms with van der Waals surface area (Å²) in [6.07, 6.45) is -1.06. The van der Waals surface area contributed by atoms with Crippen LogP contribution in [-0.4, -0.2) is 37.0 Å². The lowest BCUT2D eigenvalue weighted by atomic mass is 10.0. The number of ether oxygens (including phenoxy) is 2. The lowest BCUT2D eigenvalue weighted by Crippen LogP contribution is -2.47. The molecular formula is C24H30N2O5. The number of amides is 2. The predicted molar refractivity (Wildman–Crippen MR) is 119 cm³/mol. The molecule has 0 unspecified atom stereocenters. The van der Waals surface area contributed by atoms with E-state index in [0.29, 0.717) is 17.0 Å². The monoisotopic (exact) mass is 426 g/mol. The van der Waals surface area contributed by atoms with Crippen molar-refractivity contribution in [3.05, 3.63) is 59.2 Å². The Morgan fingerprint density at radius 3 is 2.26 bits per heavy atom. The Morgan fingerprint density at radius 1 is 0.968 bits per heavy atom. The number of carbonyl (C=O) groups is 3. The van der Waals surface area contributed by atoms with Crippen LogP contribution in [0.4, 0.5) is 5.69 Å². The minimum absolute atomic E-state index is 0.229. The van der Waals surface area contributed by atoms with Gasteiger partial charge in [-0.25, -0.2) is 4.79 Å². The topological polar surface area (TPSA) is 93.7 Å². The molecule has 0 heterocycles. The summed E-state index contributed by atoms with van der Waals surface area (Å²) >= 11 is 0. The summed E-state index contributed by atoms with van der Waals surface area (Å²) in [7, 11) is 1.51. The molecule has 0 radical (unpaired) electrons. The number of rotatable bonds is 8. The Labute approximate surface area is 183 Å². The van der Waals surface area contributed by atoms with E-state index in [1.165, 1.54) is 14.0 Å². The molecule has 0 aliphatic carbocycles. The van der Waals surface area contributed by atoms with Gasteiger partial charge in [0.15, 0.2) is 6.10 Å². The number of methoxy groups -OCH3 is 1. The molecule has 0 aliphatic rings. The average Bonchev–Trinajstić information content (AvgIpc) is 2.71. The molecule has 0 bridgehead atoms. The highest BCUT2D eigenvalue weighted by Gasteiger charge is 2.29. The lowest BCUT2D eigenvalue weighted by molar-refractivity contribution is -0.156. The van der Waals surface area contributed by atoms with Crippen LogP contribution >= 0.6 is 0 Å². The molecule has 2 N–H and O–H groups in total. The van der Waals surface area contributed by atoms with Crippen LogP contribution in [0.25, 0.3) is 0 Å². The molecule has 7 nitrogen and oxygen atoms in total. The molecule has 0 fully saturated rings. The summed E-state index contributed by atoms with van der Waals surface area (Å²) in [5, 5.41) is 5.45. The van der Waals surface area contributed by atoms with Gasteiger partial charge in [-0.2, -0.15) is 0 Å². The zero-order valence-electron chi connectivity index (χ0n) is 18.8. The van der Waals surface area contributed by atoms with Crippen molar-refractivity contribution in [3.8, 4) is 5.75 Å². The van der Waals surface area contributed by atoms with E-state index in [1.54, 1.807) is 38.1 Å². The molecule has 2 aromatic rings. The Bertz CT molecular complexity index is 955. The maximum Gasteiger partial charge on any atom is 0.329 e. The summed E-state index contributed by atoms with van der Waals surface area (Å²) in [6.45, 7) is 8.79. The van der Waals surface area contributed by atoms with Crippen molar-refractivity contribution in [3.63, 3.8) is 0 Å². The van der Waals surface area contributed by atoms with Gasteiger partial charge in [-0.15, -0.1) is 0 Å². The smallest absolute Gasteiger partial charge is 0.329 e. The van der Waals surface area contributed by atoms with Crippen LogP contribution in [0.2, 0.25) is 0 Å². The highest BCUT2D eigenvalue weighted by Crippen LogP contribution is 2.25. The lowest BCUT2D eigenvalue weighted by Gasteiger charge is -2.23. The maximum absolute atomic E-state index is 12.7. The second kappa shape index (κ2) is 10.6. The zero-order valence-corrected chi connectivity index (χ0v) is 18.8. The van der Waals surface area contributed by atoms with E-state index in [-0.39, 0.29) is 11.8 Å². The van der Waals surface area contributed by atoms with Gasteiger partial charge in [-0.05, 0) is 56.0 Å². The normalized spacial score (nSPS) is 12.6. The van der Waals surface area contributed by atoms with Crippen LogP contribution in [0.1, 0.15) is 42.3 Å². The van der Waals surface area contributed by atoms with E-state index in [0.717, 1.165) is 11.1 Å². The quantitative estimate of drug-likeness (QED) is 0.629. The first-order valence-electron chi connectivity index (χ1n) is 10.2. The third-order valence-electron chi connectivity index (χ3n) is 4.87. The van der Waals surface area contributed by atoms with Gasteiger partial charge in [0, 0.05) is 5.56 Å². The first-order valence-corrected chi connectivity index (χ1v) is 10.2. The molecule has 0 aliphatic heterocycles. The Kier molecular flexibility index (Phi) is 8.19. The van der Waals surface area contributed by atoms with Crippen molar-refractivity contribution in [2.24, 2.45) is 5.92 Å². The fraction of sp³-hybridized carbons (Fsp3) is 0.375. The minimum Gasteiger partial charge on any atom is -0.495 e.